The molecule has 0 aliphatic rings. The van der Waals surface area contributed by atoms with Crippen LogP contribution in [0, 0.1) is 0 Å². The normalized spacial score (nSPS) is 10.0. The molecular formula is C8H8Cl2N2O. The van der Waals surface area contributed by atoms with Gasteiger partial charge in [0.1, 0.15) is 0 Å². The molecule has 0 aliphatic carbocycles. The van der Waals surface area contributed by atoms with E-state index in [-0.39, 0.29) is 12.3 Å². The number of rotatable bonds is 3. The lowest BCUT2D eigenvalue weighted by Gasteiger charge is -2.03. The first-order valence-electron chi connectivity index (χ1n) is 3.67. The molecule has 1 heterocycles. The number of halogens is 2. The van der Waals surface area contributed by atoms with E-state index in [1.807, 2.05) is 0 Å². The highest BCUT2D eigenvalue weighted by Gasteiger charge is 2.06. The van der Waals surface area contributed by atoms with Gasteiger partial charge in [-0.2, -0.15) is 0 Å². The molecule has 0 aromatic carbocycles. The highest BCUT2D eigenvalue weighted by atomic mass is 35.5. The van der Waals surface area contributed by atoms with Crippen LogP contribution < -0.4 is 5.73 Å². The summed E-state index contributed by atoms with van der Waals surface area (Å²) in [5, 5.41) is 0.933. The SMILES string of the molecule is NC(=O)CCc1c(Cl)cncc1Cl. The van der Waals surface area contributed by atoms with Crippen molar-refractivity contribution in [1.29, 1.82) is 0 Å². The van der Waals surface area contributed by atoms with Gasteiger partial charge in [0.25, 0.3) is 0 Å². The summed E-state index contributed by atoms with van der Waals surface area (Å²) in [5.74, 6) is -0.371. The number of nitrogens with two attached hydrogens (primary N) is 1. The molecule has 0 unspecified atom stereocenters. The Bertz CT molecular complexity index is 308. The van der Waals surface area contributed by atoms with Crippen LogP contribution in [0.2, 0.25) is 10.0 Å². The largest absolute Gasteiger partial charge is 0.370 e. The second kappa shape index (κ2) is 4.44. The predicted octanol–water partition coefficient (Wildman–Crippen LogP) is 1.81. The molecule has 5 heteroatoms. The number of primary amides is 1. The van der Waals surface area contributed by atoms with E-state index in [2.05, 4.69) is 4.98 Å². The molecule has 1 rings (SSSR count). The van der Waals surface area contributed by atoms with Crippen molar-refractivity contribution in [3.63, 3.8) is 0 Å². The van der Waals surface area contributed by atoms with Crippen LogP contribution in [0.5, 0.6) is 0 Å². The molecule has 0 aliphatic heterocycles. The Balaban J connectivity index is 2.81. The third-order valence-electron chi connectivity index (χ3n) is 1.57. The molecule has 1 aromatic heterocycles. The minimum Gasteiger partial charge on any atom is -0.370 e. The van der Waals surface area contributed by atoms with Crippen LogP contribution >= 0.6 is 23.2 Å². The van der Waals surface area contributed by atoms with E-state index >= 15 is 0 Å². The van der Waals surface area contributed by atoms with Gasteiger partial charge in [-0.05, 0) is 12.0 Å². The topological polar surface area (TPSA) is 56.0 Å². The van der Waals surface area contributed by atoms with Gasteiger partial charge in [-0.15, -0.1) is 0 Å². The van der Waals surface area contributed by atoms with Gasteiger partial charge >= 0.3 is 0 Å². The molecule has 13 heavy (non-hydrogen) atoms. The molecule has 0 bridgehead atoms. The molecule has 1 aromatic rings. The second-order valence-electron chi connectivity index (χ2n) is 2.55. The molecule has 0 fully saturated rings. The van der Waals surface area contributed by atoms with Gasteiger partial charge in [-0.3, -0.25) is 9.78 Å². The molecule has 0 radical (unpaired) electrons. The lowest BCUT2D eigenvalue weighted by Crippen LogP contribution is -2.11. The first-order valence-corrected chi connectivity index (χ1v) is 4.43. The summed E-state index contributed by atoms with van der Waals surface area (Å²) in [6, 6.07) is 0. The number of amides is 1. The quantitative estimate of drug-likeness (QED) is 0.842. The van der Waals surface area contributed by atoms with Crippen molar-refractivity contribution in [3.05, 3.63) is 28.0 Å². The maximum absolute atomic E-state index is 10.5. The van der Waals surface area contributed by atoms with Crippen LogP contribution in [0.4, 0.5) is 0 Å². The summed E-state index contributed by atoms with van der Waals surface area (Å²) >= 11 is 11.6. The lowest BCUT2D eigenvalue weighted by molar-refractivity contribution is -0.117. The third-order valence-corrected chi connectivity index (χ3v) is 2.23. The van der Waals surface area contributed by atoms with E-state index in [0.29, 0.717) is 16.5 Å². The molecule has 2 N–H and O–H groups in total. The van der Waals surface area contributed by atoms with E-state index in [1.165, 1.54) is 12.4 Å². The summed E-state index contributed by atoms with van der Waals surface area (Å²) in [7, 11) is 0. The smallest absolute Gasteiger partial charge is 0.217 e. The van der Waals surface area contributed by atoms with Crippen LogP contribution in [0.15, 0.2) is 12.4 Å². The van der Waals surface area contributed by atoms with Crippen LogP contribution in [0.25, 0.3) is 0 Å². The fourth-order valence-electron chi connectivity index (χ4n) is 0.925. The van der Waals surface area contributed by atoms with Crippen molar-refractivity contribution < 1.29 is 4.79 Å². The van der Waals surface area contributed by atoms with Gasteiger partial charge in [0.15, 0.2) is 0 Å². The molecule has 0 saturated heterocycles. The van der Waals surface area contributed by atoms with E-state index in [9.17, 15) is 4.79 Å². The number of carbonyl (C=O) groups is 1. The first-order chi connectivity index (χ1) is 6.11. The summed E-state index contributed by atoms with van der Waals surface area (Å²) < 4.78 is 0. The zero-order chi connectivity index (χ0) is 9.84. The number of hydrogen-bond acceptors (Lipinski definition) is 2. The Morgan fingerprint density at radius 3 is 2.38 bits per heavy atom. The summed E-state index contributed by atoms with van der Waals surface area (Å²) in [6.45, 7) is 0. The Labute approximate surface area is 85.9 Å². The molecule has 70 valence electrons. The first kappa shape index (κ1) is 10.3. The van der Waals surface area contributed by atoms with Crippen molar-refractivity contribution in [2.75, 3.05) is 0 Å². The Hall–Kier alpha value is -0.800. The molecule has 3 nitrogen and oxygen atoms in total. The fourth-order valence-corrected chi connectivity index (χ4v) is 1.48. The molecule has 0 saturated carbocycles. The number of pyridine rings is 1. The van der Waals surface area contributed by atoms with Gasteiger partial charge in [-0.25, -0.2) is 0 Å². The summed E-state index contributed by atoms with van der Waals surface area (Å²) in [6.07, 6.45) is 3.67. The Morgan fingerprint density at radius 1 is 1.38 bits per heavy atom. The minimum atomic E-state index is -0.371. The van der Waals surface area contributed by atoms with E-state index in [4.69, 9.17) is 28.9 Å². The maximum atomic E-state index is 10.5. The Kier molecular flexibility index (Phi) is 3.51. The average molecular weight is 219 g/mol. The van der Waals surface area contributed by atoms with E-state index in [1.54, 1.807) is 0 Å². The van der Waals surface area contributed by atoms with Crippen molar-refractivity contribution in [2.24, 2.45) is 5.73 Å². The van der Waals surface area contributed by atoms with Gasteiger partial charge in [0, 0.05) is 18.8 Å². The fraction of sp³-hybridized carbons (Fsp3) is 0.250. The molecular weight excluding hydrogens is 211 g/mol. The Morgan fingerprint density at radius 2 is 1.92 bits per heavy atom. The standard InChI is InChI=1S/C8H8Cl2N2O/c9-6-3-12-4-7(10)5(6)1-2-8(11)13/h3-4H,1-2H2,(H2,11,13). The van der Waals surface area contributed by atoms with Gasteiger partial charge in [-0.1, -0.05) is 23.2 Å². The highest BCUT2D eigenvalue weighted by Crippen LogP contribution is 2.23. The molecule has 0 spiro atoms. The van der Waals surface area contributed by atoms with Gasteiger partial charge < -0.3 is 5.73 Å². The second-order valence-corrected chi connectivity index (χ2v) is 3.36. The lowest BCUT2D eigenvalue weighted by atomic mass is 10.1. The van der Waals surface area contributed by atoms with E-state index in [0.717, 1.165) is 5.56 Å². The number of aromatic nitrogens is 1. The van der Waals surface area contributed by atoms with Crippen molar-refractivity contribution in [3.8, 4) is 0 Å². The minimum absolute atomic E-state index is 0.240. The third kappa shape index (κ3) is 2.86. The monoisotopic (exact) mass is 218 g/mol. The zero-order valence-electron chi connectivity index (χ0n) is 6.76. The van der Waals surface area contributed by atoms with Crippen LogP contribution in [0.3, 0.4) is 0 Å². The molecule has 0 atom stereocenters. The predicted molar refractivity (Wildman–Crippen MR) is 51.8 cm³/mol. The van der Waals surface area contributed by atoms with Crippen LogP contribution in [-0.4, -0.2) is 10.9 Å². The summed E-state index contributed by atoms with van der Waals surface area (Å²) in [4.78, 5) is 14.3. The number of nitrogens with zero attached hydrogens (tertiary/aromatic N) is 1. The number of hydrogen-bond donors (Lipinski definition) is 1. The van der Waals surface area contributed by atoms with Crippen molar-refractivity contribution in [1.82, 2.24) is 4.98 Å². The maximum Gasteiger partial charge on any atom is 0.217 e. The van der Waals surface area contributed by atoms with Crippen LogP contribution in [0.1, 0.15) is 12.0 Å². The van der Waals surface area contributed by atoms with Crippen LogP contribution in [-0.2, 0) is 11.2 Å². The molecule has 1 amide bonds. The summed E-state index contributed by atoms with van der Waals surface area (Å²) in [5.41, 5.74) is 5.72. The number of carbonyl (C=O) groups excluding carboxylic acids is 1. The average Bonchev–Trinajstić information content (AvgIpc) is 2.03. The van der Waals surface area contributed by atoms with Crippen molar-refractivity contribution in [2.45, 2.75) is 12.8 Å². The van der Waals surface area contributed by atoms with Crippen molar-refractivity contribution >= 4 is 29.1 Å². The van der Waals surface area contributed by atoms with Gasteiger partial charge in [0.05, 0.1) is 10.0 Å². The van der Waals surface area contributed by atoms with Gasteiger partial charge in [0.2, 0.25) is 5.91 Å². The highest BCUT2D eigenvalue weighted by molar-refractivity contribution is 6.35. The zero-order valence-corrected chi connectivity index (χ0v) is 8.27. The van der Waals surface area contributed by atoms with E-state index < -0.39 is 0 Å².